The highest BCUT2D eigenvalue weighted by Gasteiger charge is 2.08. The van der Waals surface area contributed by atoms with E-state index in [2.05, 4.69) is 0 Å². The first-order valence-corrected chi connectivity index (χ1v) is 14.3. The molecule has 6 nitrogen and oxygen atoms in total. The molecule has 0 atom stereocenters. The van der Waals surface area contributed by atoms with Crippen molar-refractivity contribution in [3.8, 4) is 11.5 Å². The highest BCUT2D eigenvalue weighted by molar-refractivity contribution is 7.99. The molecule has 0 bridgehead atoms. The molecule has 0 amide bonds. The predicted octanol–water partition coefficient (Wildman–Crippen LogP) is 6.64. The van der Waals surface area contributed by atoms with Gasteiger partial charge in [-0.05, 0) is 99.9 Å². The molecule has 198 valence electrons. The zero-order valence-corrected chi connectivity index (χ0v) is 23.4. The van der Waals surface area contributed by atoms with Crippen LogP contribution in [0.1, 0.15) is 60.8 Å². The number of unbranched alkanes of at least 4 members (excludes halogenated alkanes) is 3. The van der Waals surface area contributed by atoms with Gasteiger partial charge in [0.2, 0.25) is 0 Å². The van der Waals surface area contributed by atoms with E-state index in [1.165, 1.54) is 0 Å². The predicted molar refractivity (Wildman–Crippen MR) is 146 cm³/mol. The van der Waals surface area contributed by atoms with Crippen molar-refractivity contribution in [1.82, 2.24) is 0 Å². The average molecular weight is 535 g/mol. The number of phenolic OH excluding ortho intramolecular Hbond substituents is 2. The number of thioether (sulfide) groups is 2. The Kier molecular flexibility index (Phi) is 13.1. The van der Waals surface area contributed by atoms with E-state index in [0.717, 1.165) is 57.7 Å². The van der Waals surface area contributed by atoms with Crippen molar-refractivity contribution in [3.05, 3.63) is 46.5 Å². The highest BCUT2D eigenvalue weighted by atomic mass is 32.2. The lowest BCUT2D eigenvalue weighted by atomic mass is 10.1. The Morgan fingerprint density at radius 3 is 1.31 bits per heavy atom. The Morgan fingerprint density at radius 2 is 0.972 bits per heavy atom. The SMILES string of the molecule is Cc1cc(SCCC(=O)OCCCCCCOC(=O)CCSc2cc(C)c(O)c(C)c2)cc(C)c1O. The number of aromatic hydroxyl groups is 2. The van der Waals surface area contributed by atoms with Crippen LogP contribution in [0.4, 0.5) is 0 Å². The van der Waals surface area contributed by atoms with Crippen molar-refractivity contribution in [2.24, 2.45) is 0 Å². The van der Waals surface area contributed by atoms with Gasteiger partial charge in [0.05, 0.1) is 26.1 Å². The number of rotatable bonds is 15. The van der Waals surface area contributed by atoms with Crippen LogP contribution in [0.15, 0.2) is 34.1 Å². The third kappa shape index (κ3) is 10.7. The molecule has 36 heavy (non-hydrogen) atoms. The van der Waals surface area contributed by atoms with Crippen molar-refractivity contribution in [2.75, 3.05) is 24.7 Å². The summed E-state index contributed by atoms with van der Waals surface area (Å²) in [6, 6.07) is 7.70. The molecule has 0 radical (unpaired) electrons. The number of carbonyl (C=O) groups is 2. The van der Waals surface area contributed by atoms with Crippen LogP contribution < -0.4 is 0 Å². The molecule has 0 saturated carbocycles. The molecule has 2 aromatic carbocycles. The van der Waals surface area contributed by atoms with Gasteiger partial charge in [0.15, 0.2) is 0 Å². The molecule has 0 aliphatic carbocycles. The number of ether oxygens (including phenoxy) is 2. The molecule has 0 heterocycles. The quantitative estimate of drug-likeness (QED) is 0.149. The van der Waals surface area contributed by atoms with Crippen LogP contribution in [0.25, 0.3) is 0 Å². The Bertz CT molecular complexity index is 894. The standard InChI is InChI=1S/C28H38O6S2/c1-19-15-23(16-20(2)27(19)31)35-13-9-25(29)33-11-7-5-6-8-12-34-26(30)10-14-36-24-17-21(3)28(32)22(4)18-24/h15-18,31-32H,5-14H2,1-4H3. The number of hydrogen-bond donors (Lipinski definition) is 2. The lowest BCUT2D eigenvalue weighted by Crippen LogP contribution is -2.08. The maximum atomic E-state index is 11.9. The summed E-state index contributed by atoms with van der Waals surface area (Å²) in [4.78, 5) is 25.9. The molecule has 0 unspecified atom stereocenters. The number of benzene rings is 2. The molecule has 0 aromatic heterocycles. The van der Waals surface area contributed by atoms with E-state index in [1.54, 1.807) is 23.5 Å². The summed E-state index contributed by atoms with van der Waals surface area (Å²) in [5.74, 6) is 1.53. The summed E-state index contributed by atoms with van der Waals surface area (Å²) in [6.07, 6.45) is 4.13. The Balaban J connectivity index is 1.44. The second kappa shape index (κ2) is 15.7. The van der Waals surface area contributed by atoms with Crippen molar-refractivity contribution in [3.63, 3.8) is 0 Å². The molecule has 2 N–H and O–H groups in total. The van der Waals surface area contributed by atoms with Crippen molar-refractivity contribution >= 4 is 35.5 Å². The van der Waals surface area contributed by atoms with Crippen LogP contribution in [0.5, 0.6) is 11.5 Å². The summed E-state index contributed by atoms with van der Waals surface area (Å²) in [7, 11) is 0. The normalized spacial score (nSPS) is 10.9. The van der Waals surface area contributed by atoms with E-state index in [-0.39, 0.29) is 11.9 Å². The molecule has 0 aliphatic heterocycles. The largest absolute Gasteiger partial charge is 0.507 e. The van der Waals surface area contributed by atoms with E-state index < -0.39 is 0 Å². The molecule has 0 fully saturated rings. The summed E-state index contributed by atoms with van der Waals surface area (Å²) in [6.45, 7) is 8.29. The fraction of sp³-hybridized carbons (Fsp3) is 0.500. The van der Waals surface area contributed by atoms with E-state index >= 15 is 0 Å². The van der Waals surface area contributed by atoms with Gasteiger partial charge in [-0.15, -0.1) is 23.5 Å². The maximum Gasteiger partial charge on any atom is 0.306 e. The van der Waals surface area contributed by atoms with Gasteiger partial charge in [-0.2, -0.15) is 0 Å². The molecular weight excluding hydrogens is 496 g/mol. The summed E-state index contributed by atoms with van der Waals surface area (Å²) in [5, 5.41) is 19.7. The summed E-state index contributed by atoms with van der Waals surface area (Å²) in [5.41, 5.74) is 3.35. The van der Waals surface area contributed by atoms with Gasteiger partial charge in [0.25, 0.3) is 0 Å². The maximum absolute atomic E-state index is 11.9. The lowest BCUT2D eigenvalue weighted by Gasteiger charge is -2.08. The number of esters is 2. The van der Waals surface area contributed by atoms with Gasteiger partial charge in [-0.1, -0.05) is 0 Å². The zero-order chi connectivity index (χ0) is 26.5. The minimum absolute atomic E-state index is 0.195. The second-order valence-corrected chi connectivity index (χ2v) is 11.2. The molecule has 0 aliphatic rings. The smallest absolute Gasteiger partial charge is 0.306 e. The first-order valence-electron chi connectivity index (χ1n) is 12.3. The lowest BCUT2D eigenvalue weighted by molar-refractivity contribution is -0.144. The van der Waals surface area contributed by atoms with Crippen LogP contribution >= 0.6 is 23.5 Å². The molecule has 8 heteroatoms. The third-order valence-electron chi connectivity index (χ3n) is 5.64. The van der Waals surface area contributed by atoms with Gasteiger partial charge in [-0.25, -0.2) is 0 Å². The average Bonchev–Trinajstić information content (AvgIpc) is 2.82. The van der Waals surface area contributed by atoms with Gasteiger partial charge in [0, 0.05) is 21.3 Å². The molecular formula is C28H38O6S2. The van der Waals surface area contributed by atoms with Gasteiger partial charge in [-0.3, -0.25) is 9.59 Å². The molecule has 0 saturated heterocycles. The monoisotopic (exact) mass is 534 g/mol. The van der Waals surface area contributed by atoms with Crippen LogP contribution in [0.2, 0.25) is 0 Å². The highest BCUT2D eigenvalue weighted by Crippen LogP contribution is 2.30. The molecule has 2 aromatic rings. The fourth-order valence-corrected chi connectivity index (χ4v) is 5.63. The zero-order valence-electron chi connectivity index (χ0n) is 21.7. The Labute approximate surface area is 223 Å². The van der Waals surface area contributed by atoms with E-state index in [0.29, 0.717) is 49.1 Å². The molecule has 2 rings (SSSR count). The topological polar surface area (TPSA) is 93.1 Å². The van der Waals surface area contributed by atoms with Crippen LogP contribution in [-0.4, -0.2) is 46.9 Å². The van der Waals surface area contributed by atoms with Crippen LogP contribution in [0, 0.1) is 27.7 Å². The Morgan fingerprint density at radius 1 is 0.639 bits per heavy atom. The minimum Gasteiger partial charge on any atom is -0.507 e. The second-order valence-electron chi connectivity index (χ2n) is 8.86. The fourth-order valence-electron chi connectivity index (χ4n) is 3.58. The van der Waals surface area contributed by atoms with Crippen molar-refractivity contribution < 1.29 is 29.3 Å². The third-order valence-corrected chi connectivity index (χ3v) is 7.60. The van der Waals surface area contributed by atoms with Crippen LogP contribution in [0.3, 0.4) is 0 Å². The van der Waals surface area contributed by atoms with Crippen molar-refractivity contribution in [2.45, 2.75) is 76.0 Å². The van der Waals surface area contributed by atoms with Crippen LogP contribution in [-0.2, 0) is 19.1 Å². The van der Waals surface area contributed by atoms with Crippen molar-refractivity contribution in [1.29, 1.82) is 0 Å². The van der Waals surface area contributed by atoms with Gasteiger partial charge in [0.1, 0.15) is 11.5 Å². The number of aryl methyl sites for hydroxylation is 4. The van der Waals surface area contributed by atoms with E-state index in [4.69, 9.17) is 9.47 Å². The number of carbonyl (C=O) groups excluding carboxylic acids is 2. The van der Waals surface area contributed by atoms with E-state index in [9.17, 15) is 19.8 Å². The number of phenols is 2. The minimum atomic E-state index is -0.195. The first-order chi connectivity index (χ1) is 17.2. The summed E-state index contributed by atoms with van der Waals surface area (Å²) < 4.78 is 10.6. The molecule has 0 spiro atoms. The van der Waals surface area contributed by atoms with E-state index in [1.807, 2.05) is 52.0 Å². The summed E-state index contributed by atoms with van der Waals surface area (Å²) >= 11 is 3.16. The van der Waals surface area contributed by atoms with Gasteiger partial charge >= 0.3 is 11.9 Å². The number of hydrogen-bond acceptors (Lipinski definition) is 8. The first kappa shape index (κ1) is 29.9. The Hall–Kier alpha value is -2.32. The van der Waals surface area contributed by atoms with Gasteiger partial charge < -0.3 is 19.7 Å².